The fourth-order valence-electron chi connectivity index (χ4n) is 2.21. The standard InChI is InChI=1S/C14H12F2N2OS/c15-11-2-1-3-12(16)14(11)9(4-5-19)10(6-17)13-7-18-8-20-13/h1-3,7-10,19H,4-5H2/t9-,10+/m0/s1. The van der Waals surface area contributed by atoms with Gasteiger partial charge in [0, 0.05) is 29.2 Å². The highest BCUT2D eigenvalue weighted by molar-refractivity contribution is 7.09. The van der Waals surface area contributed by atoms with Gasteiger partial charge in [0.2, 0.25) is 0 Å². The maximum Gasteiger partial charge on any atom is 0.129 e. The Morgan fingerprint density at radius 2 is 2.05 bits per heavy atom. The van der Waals surface area contributed by atoms with Crippen molar-refractivity contribution in [1.82, 2.24) is 4.98 Å². The Hall–Kier alpha value is -1.84. The average molecular weight is 294 g/mol. The number of halogens is 2. The van der Waals surface area contributed by atoms with Gasteiger partial charge in [0.05, 0.1) is 17.5 Å². The van der Waals surface area contributed by atoms with Crippen molar-refractivity contribution < 1.29 is 13.9 Å². The van der Waals surface area contributed by atoms with E-state index >= 15 is 0 Å². The molecule has 0 aliphatic rings. The minimum absolute atomic E-state index is 0.105. The normalized spacial score (nSPS) is 13.7. The molecule has 3 nitrogen and oxygen atoms in total. The predicted molar refractivity (Wildman–Crippen MR) is 71.3 cm³/mol. The number of aliphatic hydroxyl groups excluding tert-OH is 1. The molecule has 6 heteroatoms. The molecular weight excluding hydrogens is 282 g/mol. The van der Waals surface area contributed by atoms with Gasteiger partial charge in [0.25, 0.3) is 0 Å². The van der Waals surface area contributed by atoms with Crippen molar-refractivity contribution in [2.24, 2.45) is 0 Å². The largest absolute Gasteiger partial charge is 0.396 e. The Labute approximate surface area is 119 Å². The van der Waals surface area contributed by atoms with Crippen LogP contribution in [0.5, 0.6) is 0 Å². The van der Waals surface area contributed by atoms with E-state index in [9.17, 15) is 14.0 Å². The number of aliphatic hydroxyl groups is 1. The van der Waals surface area contributed by atoms with Gasteiger partial charge in [-0.05, 0) is 18.6 Å². The second kappa shape index (κ2) is 6.55. The molecule has 0 aliphatic heterocycles. The van der Waals surface area contributed by atoms with E-state index < -0.39 is 23.5 Å². The molecule has 1 N–H and O–H groups in total. The van der Waals surface area contributed by atoms with Crippen molar-refractivity contribution in [2.45, 2.75) is 18.3 Å². The number of rotatable bonds is 5. The summed E-state index contributed by atoms with van der Waals surface area (Å²) in [4.78, 5) is 4.52. The highest BCUT2D eigenvalue weighted by atomic mass is 32.1. The van der Waals surface area contributed by atoms with Gasteiger partial charge in [0.15, 0.2) is 0 Å². The summed E-state index contributed by atoms with van der Waals surface area (Å²) in [5.74, 6) is -2.88. The van der Waals surface area contributed by atoms with E-state index in [1.165, 1.54) is 23.6 Å². The molecule has 1 heterocycles. The van der Waals surface area contributed by atoms with Crippen LogP contribution in [-0.4, -0.2) is 16.7 Å². The van der Waals surface area contributed by atoms with Gasteiger partial charge in [0.1, 0.15) is 11.6 Å². The molecule has 0 bridgehead atoms. The average Bonchev–Trinajstić information content (AvgIpc) is 2.93. The Bertz CT molecular complexity index is 590. The fraction of sp³-hybridized carbons (Fsp3) is 0.286. The second-order valence-electron chi connectivity index (χ2n) is 4.26. The van der Waals surface area contributed by atoms with Gasteiger partial charge >= 0.3 is 0 Å². The Balaban J connectivity index is 2.48. The minimum atomic E-state index is -0.744. The van der Waals surface area contributed by atoms with Gasteiger partial charge in [-0.3, -0.25) is 4.98 Å². The molecule has 0 saturated carbocycles. The number of nitrogens with zero attached hydrogens (tertiary/aromatic N) is 2. The zero-order valence-corrected chi connectivity index (χ0v) is 11.3. The molecule has 2 rings (SSSR count). The molecule has 0 amide bonds. The smallest absolute Gasteiger partial charge is 0.129 e. The summed E-state index contributed by atoms with van der Waals surface area (Å²) in [7, 11) is 0. The molecule has 104 valence electrons. The number of thiazole rings is 1. The maximum absolute atomic E-state index is 13.9. The van der Waals surface area contributed by atoms with E-state index in [2.05, 4.69) is 11.1 Å². The molecule has 0 aliphatic carbocycles. The van der Waals surface area contributed by atoms with Gasteiger partial charge in [-0.25, -0.2) is 8.78 Å². The van der Waals surface area contributed by atoms with Crippen LogP contribution in [0.1, 0.15) is 28.7 Å². The molecule has 0 radical (unpaired) electrons. The monoisotopic (exact) mass is 294 g/mol. The van der Waals surface area contributed by atoms with Crippen molar-refractivity contribution in [2.75, 3.05) is 6.61 Å². The number of hydrogen-bond acceptors (Lipinski definition) is 4. The van der Waals surface area contributed by atoms with Crippen molar-refractivity contribution in [3.63, 3.8) is 0 Å². The first-order valence-electron chi connectivity index (χ1n) is 6.01. The van der Waals surface area contributed by atoms with E-state index in [-0.39, 0.29) is 18.6 Å². The molecule has 0 saturated heterocycles. The molecule has 0 spiro atoms. The van der Waals surface area contributed by atoms with Crippen molar-refractivity contribution in [3.05, 3.63) is 52.0 Å². The molecular formula is C14H12F2N2OS. The van der Waals surface area contributed by atoms with Crippen LogP contribution in [0.25, 0.3) is 0 Å². The van der Waals surface area contributed by atoms with Crippen LogP contribution in [0.15, 0.2) is 29.9 Å². The third-order valence-electron chi connectivity index (χ3n) is 3.11. The quantitative estimate of drug-likeness (QED) is 0.921. The summed E-state index contributed by atoms with van der Waals surface area (Å²) >= 11 is 1.26. The van der Waals surface area contributed by atoms with E-state index in [4.69, 9.17) is 5.11 Å². The molecule has 0 unspecified atom stereocenters. The highest BCUT2D eigenvalue weighted by Gasteiger charge is 2.30. The van der Waals surface area contributed by atoms with Gasteiger partial charge < -0.3 is 5.11 Å². The van der Waals surface area contributed by atoms with Gasteiger partial charge in [-0.2, -0.15) is 5.26 Å². The van der Waals surface area contributed by atoms with E-state index in [1.54, 1.807) is 5.51 Å². The lowest BCUT2D eigenvalue weighted by Crippen LogP contribution is -2.14. The molecule has 2 aromatic rings. The van der Waals surface area contributed by atoms with Gasteiger partial charge in [-0.15, -0.1) is 11.3 Å². The first-order chi connectivity index (χ1) is 9.69. The Kier molecular flexibility index (Phi) is 4.77. The van der Waals surface area contributed by atoms with Crippen molar-refractivity contribution >= 4 is 11.3 Å². The van der Waals surface area contributed by atoms with Crippen molar-refractivity contribution in [3.8, 4) is 6.07 Å². The van der Waals surface area contributed by atoms with Crippen LogP contribution >= 0.6 is 11.3 Å². The van der Waals surface area contributed by atoms with Crippen LogP contribution in [0.4, 0.5) is 8.78 Å². The summed E-state index contributed by atoms with van der Waals surface area (Å²) in [5, 5.41) is 18.5. The van der Waals surface area contributed by atoms with Crippen LogP contribution in [0, 0.1) is 23.0 Å². The molecule has 1 aromatic carbocycles. The number of nitriles is 1. The first kappa shape index (κ1) is 14.6. The number of hydrogen-bond donors (Lipinski definition) is 1. The molecule has 2 atom stereocenters. The highest BCUT2D eigenvalue weighted by Crippen LogP contribution is 2.38. The third kappa shape index (κ3) is 2.84. The lowest BCUT2D eigenvalue weighted by molar-refractivity contribution is 0.269. The second-order valence-corrected chi connectivity index (χ2v) is 5.18. The third-order valence-corrected chi connectivity index (χ3v) is 3.97. The maximum atomic E-state index is 13.9. The van der Waals surface area contributed by atoms with Crippen LogP contribution < -0.4 is 0 Å². The van der Waals surface area contributed by atoms with Gasteiger partial charge in [-0.1, -0.05) is 6.07 Å². The van der Waals surface area contributed by atoms with E-state index in [0.29, 0.717) is 4.88 Å². The van der Waals surface area contributed by atoms with E-state index in [1.807, 2.05) is 0 Å². The molecule has 0 fully saturated rings. The fourth-order valence-corrected chi connectivity index (χ4v) is 2.94. The summed E-state index contributed by atoms with van der Waals surface area (Å²) in [6.45, 7) is -0.255. The molecule has 20 heavy (non-hydrogen) atoms. The number of aromatic nitrogens is 1. The van der Waals surface area contributed by atoms with Crippen molar-refractivity contribution in [1.29, 1.82) is 5.26 Å². The lowest BCUT2D eigenvalue weighted by Gasteiger charge is -2.21. The molecule has 1 aromatic heterocycles. The SMILES string of the molecule is N#C[C@@H](c1cncs1)[C@H](CCO)c1c(F)cccc1F. The zero-order chi connectivity index (χ0) is 14.5. The summed E-state index contributed by atoms with van der Waals surface area (Å²) in [6, 6.07) is 5.66. The lowest BCUT2D eigenvalue weighted by atomic mass is 9.83. The van der Waals surface area contributed by atoms with Crippen LogP contribution in [0.2, 0.25) is 0 Å². The predicted octanol–water partition coefficient (Wildman–Crippen LogP) is 3.19. The topological polar surface area (TPSA) is 56.9 Å². The Morgan fingerprint density at radius 1 is 1.35 bits per heavy atom. The van der Waals surface area contributed by atoms with Crippen LogP contribution in [-0.2, 0) is 0 Å². The number of benzene rings is 1. The zero-order valence-electron chi connectivity index (χ0n) is 10.5. The Morgan fingerprint density at radius 3 is 2.55 bits per heavy atom. The first-order valence-corrected chi connectivity index (χ1v) is 6.89. The minimum Gasteiger partial charge on any atom is -0.396 e. The van der Waals surface area contributed by atoms with Crippen LogP contribution in [0.3, 0.4) is 0 Å². The summed E-state index contributed by atoms with van der Waals surface area (Å²) in [6.07, 6.45) is 1.62. The summed E-state index contributed by atoms with van der Waals surface area (Å²) < 4.78 is 27.8. The van der Waals surface area contributed by atoms with E-state index in [0.717, 1.165) is 12.1 Å². The summed E-state index contributed by atoms with van der Waals surface area (Å²) in [5.41, 5.74) is 1.41.